The molecule has 3 aromatic carbocycles. The molecule has 0 saturated carbocycles. The molecule has 0 saturated heterocycles. The number of rotatable bonds is 5. The third-order valence-corrected chi connectivity index (χ3v) is 5.30. The molecule has 0 aliphatic carbocycles. The largest absolute Gasteiger partial charge is 0.366 e. The van der Waals surface area contributed by atoms with Crippen molar-refractivity contribution in [2.45, 2.75) is 25.4 Å². The summed E-state index contributed by atoms with van der Waals surface area (Å²) < 4.78 is 0. The number of nitrogens with zero attached hydrogens (tertiary/aromatic N) is 1. The summed E-state index contributed by atoms with van der Waals surface area (Å²) in [6.07, 6.45) is 6.62. The third-order valence-electron chi connectivity index (χ3n) is 5.30. The van der Waals surface area contributed by atoms with Crippen LogP contribution in [0, 0.1) is 0 Å². The predicted octanol–water partition coefficient (Wildman–Crippen LogP) is 6.55. The summed E-state index contributed by atoms with van der Waals surface area (Å²) in [5.41, 5.74) is 6.58. The Kier molecular flexibility index (Phi) is 5.20. The van der Waals surface area contributed by atoms with Crippen LogP contribution in [-0.2, 0) is 6.54 Å². The SMILES string of the molecule is C=C[C@H]1CCC(c2ccc(-c3ccccc3)cc2)=CN1Cc1ccccc1. The van der Waals surface area contributed by atoms with Crippen molar-refractivity contribution in [3.05, 3.63) is 115 Å². The molecule has 0 spiro atoms. The molecule has 0 aromatic heterocycles. The van der Waals surface area contributed by atoms with E-state index < -0.39 is 0 Å². The van der Waals surface area contributed by atoms with E-state index in [1.165, 1.54) is 27.8 Å². The second-order valence-electron chi connectivity index (χ2n) is 7.10. The summed E-state index contributed by atoms with van der Waals surface area (Å²) >= 11 is 0. The van der Waals surface area contributed by atoms with Gasteiger partial charge in [-0.15, -0.1) is 6.58 Å². The molecule has 3 aromatic rings. The van der Waals surface area contributed by atoms with Crippen LogP contribution in [0.1, 0.15) is 24.0 Å². The zero-order valence-corrected chi connectivity index (χ0v) is 15.6. The van der Waals surface area contributed by atoms with Crippen LogP contribution in [0.4, 0.5) is 0 Å². The lowest BCUT2D eigenvalue weighted by atomic mass is 9.93. The average molecular weight is 351 g/mol. The fourth-order valence-electron chi connectivity index (χ4n) is 3.77. The average Bonchev–Trinajstić information content (AvgIpc) is 2.75. The Hall–Kier alpha value is -3.06. The highest BCUT2D eigenvalue weighted by Crippen LogP contribution is 2.31. The molecule has 0 bridgehead atoms. The summed E-state index contributed by atoms with van der Waals surface area (Å²) in [6.45, 7) is 4.97. The maximum Gasteiger partial charge on any atom is 0.0472 e. The smallest absolute Gasteiger partial charge is 0.0472 e. The Morgan fingerprint density at radius 2 is 1.37 bits per heavy atom. The third kappa shape index (κ3) is 4.03. The normalized spacial score (nSPS) is 16.7. The van der Waals surface area contributed by atoms with Crippen molar-refractivity contribution in [3.8, 4) is 11.1 Å². The molecule has 0 radical (unpaired) electrons. The van der Waals surface area contributed by atoms with Gasteiger partial charge in [0, 0.05) is 18.8 Å². The van der Waals surface area contributed by atoms with Gasteiger partial charge in [-0.25, -0.2) is 0 Å². The molecule has 0 unspecified atom stereocenters. The van der Waals surface area contributed by atoms with E-state index in [4.69, 9.17) is 0 Å². The number of hydrogen-bond donors (Lipinski definition) is 0. The second kappa shape index (κ2) is 8.09. The maximum atomic E-state index is 4.05. The van der Waals surface area contributed by atoms with Gasteiger partial charge in [-0.1, -0.05) is 91.0 Å². The molecule has 0 fully saturated rings. The maximum absolute atomic E-state index is 4.05. The Labute approximate surface area is 162 Å². The molecule has 1 atom stereocenters. The van der Waals surface area contributed by atoms with E-state index in [1.807, 2.05) is 0 Å². The summed E-state index contributed by atoms with van der Waals surface area (Å²) in [7, 11) is 0. The van der Waals surface area contributed by atoms with E-state index in [9.17, 15) is 0 Å². The molecular weight excluding hydrogens is 326 g/mol. The van der Waals surface area contributed by atoms with Gasteiger partial charge in [0.05, 0.1) is 0 Å². The van der Waals surface area contributed by atoms with Crippen molar-refractivity contribution in [1.82, 2.24) is 4.90 Å². The first kappa shape index (κ1) is 17.4. The minimum atomic E-state index is 0.401. The van der Waals surface area contributed by atoms with Crippen LogP contribution in [0.25, 0.3) is 16.7 Å². The lowest BCUT2D eigenvalue weighted by Crippen LogP contribution is -2.31. The molecule has 1 heteroatoms. The van der Waals surface area contributed by atoms with Crippen LogP contribution in [0.15, 0.2) is 104 Å². The van der Waals surface area contributed by atoms with Crippen molar-refractivity contribution >= 4 is 5.57 Å². The summed E-state index contributed by atoms with van der Waals surface area (Å²) in [5.74, 6) is 0. The van der Waals surface area contributed by atoms with Gasteiger partial charge in [-0.3, -0.25) is 0 Å². The van der Waals surface area contributed by atoms with Gasteiger partial charge in [-0.2, -0.15) is 0 Å². The van der Waals surface area contributed by atoms with Gasteiger partial charge in [0.1, 0.15) is 0 Å². The highest BCUT2D eigenvalue weighted by Gasteiger charge is 2.20. The molecule has 134 valence electrons. The Morgan fingerprint density at radius 1 is 0.778 bits per heavy atom. The minimum Gasteiger partial charge on any atom is -0.366 e. The summed E-state index contributed by atoms with van der Waals surface area (Å²) in [4.78, 5) is 2.42. The summed E-state index contributed by atoms with van der Waals surface area (Å²) in [5, 5.41) is 0. The predicted molar refractivity (Wildman–Crippen MR) is 115 cm³/mol. The molecule has 0 amide bonds. The van der Waals surface area contributed by atoms with Gasteiger partial charge in [0.2, 0.25) is 0 Å². The molecule has 1 aliphatic rings. The fraction of sp³-hybridized carbons (Fsp3) is 0.154. The fourth-order valence-corrected chi connectivity index (χ4v) is 3.77. The van der Waals surface area contributed by atoms with Crippen molar-refractivity contribution in [3.63, 3.8) is 0 Å². The molecule has 0 N–H and O–H groups in total. The number of benzene rings is 3. The standard InChI is InChI=1S/C26H25N/c1-2-26-18-17-25(20-27(26)19-21-9-5-3-6-10-21)24-15-13-23(14-16-24)22-11-7-4-8-12-22/h2-16,20,26H,1,17-19H2/t26-/m0/s1. The second-order valence-corrected chi connectivity index (χ2v) is 7.10. The van der Waals surface area contributed by atoms with E-state index in [-0.39, 0.29) is 0 Å². The highest BCUT2D eigenvalue weighted by atomic mass is 15.1. The van der Waals surface area contributed by atoms with Gasteiger partial charge in [-0.05, 0) is 40.7 Å². The Bertz CT molecular complexity index is 907. The lowest BCUT2D eigenvalue weighted by Gasteiger charge is -2.34. The van der Waals surface area contributed by atoms with E-state index in [0.717, 1.165) is 19.4 Å². The van der Waals surface area contributed by atoms with Crippen LogP contribution in [0.3, 0.4) is 0 Å². The molecular formula is C26H25N. The zero-order chi connectivity index (χ0) is 18.5. The van der Waals surface area contributed by atoms with E-state index in [2.05, 4.69) is 109 Å². The van der Waals surface area contributed by atoms with Gasteiger partial charge in [0.15, 0.2) is 0 Å². The topological polar surface area (TPSA) is 3.24 Å². The van der Waals surface area contributed by atoms with Crippen LogP contribution < -0.4 is 0 Å². The van der Waals surface area contributed by atoms with E-state index >= 15 is 0 Å². The van der Waals surface area contributed by atoms with E-state index in [0.29, 0.717) is 6.04 Å². The minimum absolute atomic E-state index is 0.401. The van der Waals surface area contributed by atoms with Crippen LogP contribution >= 0.6 is 0 Å². The first-order valence-electron chi connectivity index (χ1n) is 9.62. The number of hydrogen-bond acceptors (Lipinski definition) is 1. The Morgan fingerprint density at radius 3 is 2.04 bits per heavy atom. The zero-order valence-electron chi connectivity index (χ0n) is 15.6. The van der Waals surface area contributed by atoms with Gasteiger partial charge < -0.3 is 4.90 Å². The first-order valence-corrected chi connectivity index (χ1v) is 9.62. The van der Waals surface area contributed by atoms with Crippen molar-refractivity contribution in [1.29, 1.82) is 0 Å². The molecule has 1 heterocycles. The van der Waals surface area contributed by atoms with Gasteiger partial charge >= 0.3 is 0 Å². The van der Waals surface area contributed by atoms with Crippen LogP contribution in [0.2, 0.25) is 0 Å². The summed E-state index contributed by atoms with van der Waals surface area (Å²) in [6, 6.07) is 30.6. The Balaban J connectivity index is 1.57. The monoisotopic (exact) mass is 351 g/mol. The number of allylic oxidation sites excluding steroid dienone is 1. The van der Waals surface area contributed by atoms with Crippen LogP contribution in [0.5, 0.6) is 0 Å². The quantitative estimate of drug-likeness (QED) is 0.471. The van der Waals surface area contributed by atoms with Crippen molar-refractivity contribution in [2.24, 2.45) is 0 Å². The molecule has 1 aliphatic heterocycles. The van der Waals surface area contributed by atoms with E-state index in [1.54, 1.807) is 0 Å². The van der Waals surface area contributed by atoms with Crippen molar-refractivity contribution in [2.75, 3.05) is 0 Å². The molecule has 27 heavy (non-hydrogen) atoms. The first-order chi connectivity index (χ1) is 13.3. The van der Waals surface area contributed by atoms with Crippen molar-refractivity contribution < 1.29 is 0 Å². The lowest BCUT2D eigenvalue weighted by molar-refractivity contribution is 0.289. The van der Waals surface area contributed by atoms with Gasteiger partial charge in [0.25, 0.3) is 0 Å². The van der Waals surface area contributed by atoms with Crippen LogP contribution in [-0.4, -0.2) is 10.9 Å². The molecule has 1 nitrogen and oxygen atoms in total. The molecule has 4 rings (SSSR count). The highest BCUT2D eigenvalue weighted by molar-refractivity contribution is 5.70.